The Kier molecular flexibility index (Phi) is 4.01. The molecule has 0 aromatic heterocycles. The van der Waals surface area contributed by atoms with Crippen molar-refractivity contribution in [2.45, 2.75) is 18.2 Å². The van der Waals surface area contributed by atoms with Crippen LogP contribution in [-0.2, 0) is 9.84 Å². The van der Waals surface area contributed by atoms with Crippen molar-refractivity contribution in [1.29, 1.82) is 0 Å². The standard InChI is InChI=1S/C8H16ClNO2S/c1-13(11,12)5-4-10-6-8(9)7-2-3-7/h7-8,10H,2-6H2,1H3. The molecule has 1 rings (SSSR count). The van der Waals surface area contributed by atoms with E-state index in [1.54, 1.807) is 0 Å². The highest BCUT2D eigenvalue weighted by Gasteiger charge is 2.29. The van der Waals surface area contributed by atoms with Crippen molar-refractivity contribution in [2.75, 3.05) is 25.1 Å². The first-order valence-corrected chi connectivity index (χ1v) is 7.01. The molecule has 1 aliphatic carbocycles. The van der Waals surface area contributed by atoms with Gasteiger partial charge >= 0.3 is 0 Å². The second kappa shape index (κ2) is 4.62. The Morgan fingerprint density at radius 2 is 2.15 bits per heavy atom. The molecule has 13 heavy (non-hydrogen) atoms. The van der Waals surface area contributed by atoms with E-state index in [4.69, 9.17) is 11.6 Å². The predicted octanol–water partition coefficient (Wildman–Crippen LogP) is 0.638. The Hall–Kier alpha value is 0.200. The molecule has 0 aromatic rings. The van der Waals surface area contributed by atoms with Crippen LogP contribution >= 0.6 is 11.6 Å². The van der Waals surface area contributed by atoms with Gasteiger partial charge in [-0.15, -0.1) is 11.6 Å². The fourth-order valence-corrected chi connectivity index (χ4v) is 2.00. The fourth-order valence-electron chi connectivity index (χ4n) is 1.12. The minimum absolute atomic E-state index is 0.180. The van der Waals surface area contributed by atoms with Gasteiger partial charge < -0.3 is 5.32 Å². The van der Waals surface area contributed by atoms with Crippen LogP contribution in [0.2, 0.25) is 0 Å². The van der Waals surface area contributed by atoms with Gasteiger partial charge in [0.05, 0.1) is 5.75 Å². The Balaban J connectivity index is 2.00. The average molecular weight is 226 g/mol. The third-order valence-electron chi connectivity index (χ3n) is 2.12. The smallest absolute Gasteiger partial charge is 0.148 e. The highest BCUT2D eigenvalue weighted by atomic mass is 35.5. The molecule has 0 aromatic carbocycles. The summed E-state index contributed by atoms with van der Waals surface area (Å²) in [7, 11) is -2.83. The second-order valence-corrected chi connectivity index (χ2v) is 6.51. The first-order valence-electron chi connectivity index (χ1n) is 4.51. The minimum Gasteiger partial charge on any atom is -0.314 e. The van der Waals surface area contributed by atoms with Gasteiger partial charge in [-0.3, -0.25) is 0 Å². The summed E-state index contributed by atoms with van der Waals surface area (Å²) in [5.74, 6) is 0.855. The van der Waals surface area contributed by atoms with Gasteiger partial charge in [-0.25, -0.2) is 8.42 Å². The van der Waals surface area contributed by atoms with Crippen molar-refractivity contribution in [3.63, 3.8) is 0 Å². The number of rotatable bonds is 6. The number of nitrogens with one attached hydrogen (secondary N) is 1. The van der Waals surface area contributed by atoms with Crippen LogP contribution < -0.4 is 5.32 Å². The molecule has 1 aliphatic rings. The van der Waals surface area contributed by atoms with E-state index >= 15 is 0 Å². The van der Waals surface area contributed by atoms with Crippen LogP contribution in [0, 0.1) is 5.92 Å². The Bertz CT molecular complexity index is 249. The Labute approximate surface area is 84.8 Å². The molecule has 1 fully saturated rings. The number of hydrogen-bond acceptors (Lipinski definition) is 3. The van der Waals surface area contributed by atoms with Crippen LogP contribution in [0.5, 0.6) is 0 Å². The van der Waals surface area contributed by atoms with E-state index in [1.165, 1.54) is 19.1 Å². The van der Waals surface area contributed by atoms with Crippen molar-refractivity contribution in [1.82, 2.24) is 5.32 Å². The lowest BCUT2D eigenvalue weighted by molar-refractivity contribution is 0.591. The summed E-state index contributed by atoms with van der Waals surface area (Å²) >= 11 is 6.02. The fraction of sp³-hybridized carbons (Fsp3) is 1.00. The lowest BCUT2D eigenvalue weighted by atomic mass is 10.3. The van der Waals surface area contributed by atoms with Crippen LogP contribution in [0.1, 0.15) is 12.8 Å². The molecule has 3 nitrogen and oxygen atoms in total. The molecule has 5 heteroatoms. The summed E-state index contributed by atoms with van der Waals surface area (Å²) in [4.78, 5) is 0. The molecule has 0 heterocycles. The lowest BCUT2D eigenvalue weighted by Crippen LogP contribution is -2.29. The SMILES string of the molecule is CS(=O)(=O)CCNCC(Cl)C1CC1. The summed E-state index contributed by atoms with van der Waals surface area (Å²) in [6.07, 6.45) is 3.69. The number of alkyl halides is 1. The van der Waals surface area contributed by atoms with E-state index in [2.05, 4.69) is 5.32 Å². The maximum absolute atomic E-state index is 10.7. The molecular formula is C8H16ClNO2S. The second-order valence-electron chi connectivity index (χ2n) is 3.69. The number of halogens is 1. The van der Waals surface area contributed by atoms with Gasteiger partial charge in [0.2, 0.25) is 0 Å². The summed E-state index contributed by atoms with van der Waals surface area (Å²) in [6, 6.07) is 0. The summed E-state index contributed by atoms with van der Waals surface area (Å²) in [5, 5.41) is 3.23. The van der Waals surface area contributed by atoms with Gasteiger partial charge in [-0.2, -0.15) is 0 Å². The summed E-state index contributed by atoms with van der Waals surface area (Å²) in [5.41, 5.74) is 0. The van der Waals surface area contributed by atoms with Crippen molar-refractivity contribution in [2.24, 2.45) is 5.92 Å². The average Bonchev–Trinajstić information content (AvgIpc) is 2.77. The van der Waals surface area contributed by atoms with Gasteiger partial charge in [0.15, 0.2) is 0 Å². The van der Waals surface area contributed by atoms with Gasteiger partial charge in [0.1, 0.15) is 9.84 Å². The van der Waals surface area contributed by atoms with E-state index in [9.17, 15) is 8.42 Å². The van der Waals surface area contributed by atoms with Crippen LogP contribution in [-0.4, -0.2) is 38.9 Å². The van der Waals surface area contributed by atoms with Gasteiger partial charge in [0.25, 0.3) is 0 Å². The molecular weight excluding hydrogens is 210 g/mol. The van der Waals surface area contributed by atoms with Crippen molar-refractivity contribution >= 4 is 21.4 Å². The zero-order valence-electron chi connectivity index (χ0n) is 7.79. The monoisotopic (exact) mass is 225 g/mol. The number of hydrogen-bond donors (Lipinski definition) is 1. The normalized spacial score (nSPS) is 20.2. The zero-order valence-corrected chi connectivity index (χ0v) is 9.37. The van der Waals surface area contributed by atoms with Crippen LogP contribution in [0.15, 0.2) is 0 Å². The third kappa shape index (κ3) is 5.49. The summed E-state index contributed by atoms with van der Waals surface area (Å²) in [6.45, 7) is 1.23. The molecule has 0 amide bonds. The molecule has 0 spiro atoms. The van der Waals surface area contributed by atoms with E-state index in [0.29, 0.717) is 12.5 Å². The molecule has 1 atom stereocenters. The number of sulfone groups is 1. The highest BCUT2D eigenvalue weighted by molar-refractivity contribution is 7.90. The Morgan fingerprint density at radius 1 is 1.54 bits per heavy atom. The van der Waals surface area contributed by atoms with Gasteiger partial charge in [-0.1, -0.05) is 0 Å². The van der Waals surface area contributed by atoms with Crippen molar-refractivity contribution in [3.05, 3.63) is 0 Å². The van der Waals surface area contributed by atoms with Crippen LogP contribution in [0.25, 0.3) is 0 Å². The molecule has 1 N–H and O–H groups in total. The van der Waals surface area contributed by atoms with Crippen LogP contribution in [0.3, 0.4) is 0 Å². The van der Waals surface area contributed by atoms with Crippen molar-refractivity contribution < 1.29 is 8.42 Å². The Morgan fingerprint density at radius 3 is 2.62 bits per heavy atom. The molecule has 78 valence electrons. The minimum atomic E-state index is -2.83. The third-order valence-corrected chi connectivity index (χ3v) is 3.58. The van der Waals surface area contributed by atoms with E-state index in [0.717, 1.165) is 6.54 Å². The molecule has 1 saturated carbocycles. The van der Waals surface area contributed by atoms with E-state index < -0.39 is 9.84 Å². The maximum Gasteiger partial charge on any atom is 0.148 e. The lowest BCUT2D eigenvalue weighted by Gasteiger charge is -2.08. The predicted molar refractivity (Wildman–Crippen MR) is 54.9 cm³/mol. The van der Waals surface area contributed by atoms with Crippen molar-refractivity contribution in [3.8, 4) is 0 Å². The first kappa shape index (κ1) is 11.3. The molecule has 1 unspecified atom stereocenters. The van der Waals surface area contributed by atoms with E-state index in [-0.39, 0.29) is 11.1 Å². The van der Waals surface area contributed by atoms with Gasteiger partial charge in [0, 0.05) is 24.7 Å². The van der Waals surface area contributed by atoms with Crippen LogP contribution in [0.4, 0.5) is 0 Å². The molecule has 0 aliphatic heterocycles. The molecule has 0 saturated heterocycles. The largest absolute Gasteiger partial charge is 0.314 e. The molecule has 0 radical (unpaired) electrons. The molecule has 0 bridgehead atoms. The van der Waals surface area contributed by atoms with E-state index in [1.807, 2.05) is 0 Å². The topological polar surface area (TPSA) is 46.2 Å². The zero-order chi connectivity index (χ0) is 9.90. The first-order chi connectivity index (χ1) is 5.99. The van der Waals surface area contributed by atoms with Gasteiger partial charge in [-0.05, 0) is 18.8 Å². The quantitative estimate of drug-likeness (QED) is 0.533. The maximum atomic E-state index is 10.7. The highest BCUT2D eigenvalue weighted by Crippen LogP contribution is 2.35. The summed E-state index contributed by atoms with van der Waals surface area (Å²) < 4.78 is 21.5.